The standard InChI is InChI=1S/C18H18N2O5S2/c1-7-13-12(8(2)22)16(23)20(13)14(17(24)25)15(7)27-18-19-10-5-9(6-21)3-4-11(10)26-18/h3-5,7-8,12-13,21-22H,6H2,1-2H3,(H,24,25)/t7-,8-,12-,13-/m1/s1. The molecule has 2 aromatic rings. The first-order valence-electron chi connectivity index (χ1n) is 8.50. The monoisotopic (exact) mass is 406 g/mol. The molecule has 7 nitrogen and oxygen atoms in total. The zero-order valence-corrected chi connectivity index (χ0v) is 16.3. The molecule has 0 saturated carbocycles. The number of hydrogen-bond donors (Lipinski definition) is 3. The maximum atomic E-state index is 12.4. The quantitative estimate of drug-likeness (QED) is 0.652. The molecule has 2 aliphatic rings. The van der Waals surface area contributed by atoms with Crippen LogP contribution >= 0.6 is 23.1 Å². The molecule has 1 saturated heterocycles. The van der Waals surface area contributed by atoms with Crippen molar-refractivity contribution in [2.24, 2.45) is 11.8 Å². The van der Waals surface area contributed by atoms with Crippen LogP contribution in [0.4, 0.5) is 0 Å². The number of rotatable bonds is 5. The summed E-state index contributed by atoms with van der Waals surface area (Å²) in [6.07, 6.45) is -0.819. The van der Waals surface area contributed by atoms with Gasteiger partial charge in [0.25, 0.3) is 0 Å². The number of benzene rings is 1. The molecule has 1 aromatic heterocycles. The fourth-order valence-electron chi connectivity index (χ4n) is 3.84. The molecule has 0 aliphatic carbocycles. The summed E-state index contributed by atoms with van der Waals surface area (Å²) in [6.45, 7) is 3.38. The number of hydrogen-bond acceptors (Lipinski definition) is 7. The molecule has 4 atom stereocenters. The topological polar surface area (TPSA) is 111 Å². The second-order valence-electron chi connectivity index (χ2n) is 6.81. The molecule has 1 aromatic carbocycles. The minimum absolute atomic E-state index is 0.00490. The highest BCUT2D eigenvalue weighted by molar-refractivity contribution is 8.04. The average Bonchev–Trinajstić information content (AvgIpc) is 3.11. The third-order valence-electron chi connectivity index (χ3n) is 5.12. The number of thioether (sulfide) groups is 1. The Morgan fingerprint density at radius 3 is 2.81 bits per heavy atom. The molecule has 0 radical (unpaired) electrons. The average molecular weight is 406 g/mol. The number of carbonyl (C=O) groups is 2. The predicted molar refractivity (Wildman–Crippen MR) is 101 cm³/mol. The lowest BCUT2D eigenvalue weighted by molar-refractivity contribution is -0.163. The Kier molecular flexibility index (Phi) is 4.50. The van der Waals surface area contributed by atoms with Crippen LogP contribution in [0.15, 0.2) is 33.1 Å². The van der Waals surface area contributed by atoms with Crippen LogP contribution in [0.25, 0.3) is 10.2 Å². The maximum absolute atomic E-state index is 12.4. The number of carbonyl (C=O) groups excluding carboxylic acids is 1. The third kappa shape index (κ3) is 2.77. The summed E-state index contributed by atoms with van der Waals surface area (Å²) in [5.74, 6) is -2.26. The number of amides is 1. The van der Waals surface area contributed by atoms with Gasteiger partial charge in [-0.1, -0.05) is 24.8 Å². The van der Waals surface area contributed by atoms with Gasteiger partial charge in [-0.2, -0.15) is 0 Å². The Balaban J connectivity index is 1.70. The van der Waals surface area contributed by atoms with Crippen LogP contribution < -0.4 is 0 Å². The molecule has 1 amide bonds. The lowest BCUT2D eigenvalue weighted by Gasteiger charge is -2.46. The molecule has 0 bridgehead atoms. The summed E-state index contributed by atoms with van der Waals surface area (Å²) >= 11 is 2.71. The van der Waals surface area contributed by atoms with Crippen LogP contribution in [0, 0.1) is 11.8 Å². The molecule has 1 fully saturated rings. The van der Waals surface area contributed by atoms with E-state index in [0.29, 0.717) is 9.24 Å². The van der Waals surface area contributed by atoms with E-state index in [0.717, 1.165) is 15.8 Å². The Bertz CT molecular complexity index is 983. The van der Waals surface area contributed by atoms with E-state index < -0.39 is 18.0 Å². The molecule has 2 aliphatic heterocycles. The van der Waals surface area contributed by atoms with E-state index in [-0.39, 0.29) is 30.2 Å². The van der Waals surface area contributed by atoms with Crippen molar-refractivity contribution in [3.05, 3.63) is 34.4 Å². The minimum Gasteiger partial charge on any atom is -0.477 e. The number of β-lactam (4-membered cyclic amide) rings is 1. The zero-order valence-electron chi connectivity index (χ0n) is 14.6. The number of carboxylic acids is 1. The molecule has 4 rings (SSSR count). The van der Waals surface area contributed by atoms with Crippen LogP contribution in [0.3, 0.4) is 0 Å². The number of nitrogens with zero attached hydrogens (tertiary/aromatic N) is 2. The van der Waals surface area contributed by atoms with Crippen LogP contribution in [0.1, 0.15) is 19.4 Å². The smallest absolute Gasteiger partial charge is 0.353 e. The van der Waals surface area contributed by atoms with Crippen LogP contribution in [-0.2, 0) is 16.2 Å². The van der Waals surface area contributed by atoms with Gasteiger partial charge in [0.1, 0.15) is 5.70 Å². The fourth-order valence-corrected chi connectivity index (χ4v) is 6.17. The van der Waals surface area contributed by atoms with Crippen molar-refractivity contribution >= 4 is 45.2 Å². The predicted octanol–water partition coefficient (Wildman–Crippen LogP) is 2.03. The highest BCUT2D eigenvalue weighted by atomic mass is 32.2. The van der Waals surface area contributed by atoms with Crippen molar-refractivity contribution in [2.75, 3.05) is 0 Å². The molecule has 27 heavy (non-hydrogen) atoms. The van der Waals surface area contributed by atoms with E-state index in [9.17, 15) is 24.9 Å². The molecular formula is C18H18N2O5S2. The Morgan fingerprint density at radius 1 is 1.44 bits per heavy atom. The number of aliphatic hydroxyl groups excluding tert-OH is 2. The summed E-state index contributed by atoms with van der Waals surface area (Å²) in [4.78, 5) is 30.7. The minimum atomic E-state index is -1.15. The van der Waals surface area contributed by atoms with Gasteiger partial charge in [-0.05, 0) is 24.6 Å². The first kappa shape index (κ1) is 18.4. The van der Waals surface area contributed by atoms with Gasteiger partial charge in [0, 0.05) is 10.8 Å². The highest BCUT2D eigenvalue weighted by Gasteiger charge is 2.60. The second-order valence-corrected chi connectivity index (χ2v) is 9.13. The summed E-state index contributed by atoms with van der Waals surface area (Å²) < 4.78 is 1.63. The molecule has 0 spiro atoms. The molecule has 142 valence electrons. The molecule has 9 heteroatoms. The van der Waals surface area contributed by atoms with Crippen LogP contribution in [-0.4, -0.2) is 49.2 Å². The highest BCUT2D eigenvalue weighted by Crippen LogP contribution is 2.52. The summed E-state index contributed by atoms with van der Waals surface area (Å²) in [7, 11) is 0. The van der Waals surface area contributed by atoms with Gasteiger partial charge < -0.3 is 20.2 Å². The van der Waals surface area contributed by atoms with Gasteiger partial charge in [-0.3, -0.25) is 4.79 Å². The molecular weight excluding hydrogens is 388 g/mol. The Labute approximate surface area is 163 Å². The van der Waals surface area contributed by atoms with E-state index in [4.69, 9.17) is 0 Å². The van der Waals surface area contributed by atoms with Crippen molar-refractivity contribution in [1.82, 2.24) is 9.88 Å². The van der Waals surface area contributed by atoms with Crippen molar-refractivity contribution in [3.63, 3.8) is 0 Å². The van der Waals surface area contributed by atoms with Gasteiger partial charge in [0.15, 0.2) is 4.34 Å². The largest absolute Gasteiger partial charge is 0.477 e. The number of fused-ring (bicyclic) bond motifs is 2. The van der Waals surface area contributed by atoms with Crippen LogP contribution in [0.5, 0.6) is 0 Å². The van der Waals surface area contributed by atoms with E-state index in [1.807, 2.05) is 19.1 Å². The third-order valence-corrected chi connectivity index (χ3v) is 7.51. The first-order valence-corrected chi connectivity index (χ1v) is 10.1. The maximum Gasteiger partial charge on any atom is 0.353 e. The van der Waals surface area contributed by atoms with Crippen molar-refractivity contribution in [1.29, 1.82) is 0 Å². The fraction of sp³-hybridized carbons (Fsp3) is 0.389. The van der Waals surface area contributed by atoms with Crippen LogP contribution in [0.2, 0.25) is 0 Å². The lowest BCUT2D eigenvalue weighted by Crippen LogP contribution is -2.63. The van der Waals surface area contributed by atoms with Gasteiger partial charge in [0.2, 0.25) is 5.91 Å². The van der Waals surface area contributed by atoms with E-state index in [1.54, 1.807) is 13.0 Å². The number of aromatic nitrogens is 1. The summed E-state index contributed by atoms with van der Waals surface area (Å²) in [5, 5.41) is 28.8. The molecule has 3 heterocycles. The number of carboxylic acid groups (broad SMARTS) is 1. The summed E-state index contributed by atoms with van der Waals surface area (Å²) in [5.41, 5.74) is 1.51. The van der Waals surface area contributed by atoms with Gasteiger partial charge >= 0.3 is 5.97 Å². The molecule has 3 N–H and O–H groups in total. The van der Waals surface area contributed by atoms with Gasteiger partial charge in [-0.25, -0.2) is 9.78 Å². The normalized spacial score (nSPS) is 25.7. The van der Waals surface area contributed by atoms with E-state index in [2.05, 4.69) is 4.98 Å². The van der Waals surface area contributed by atoms with Gasteiger partial charge in [0.05, 0.1) is 34.9 Å². The second kappa shape index (κ2) is 6.59. The zero-order chi connectivity index (χ0) is 19.5. The molecule has 0 unspecified atom stereocenters. The number of aliphatic carboxylic acids is 1. The van der Waals surface area contributed by atoms with E-state index >= 15 is 0 Å². The first-order chi connectivity index (χ1) is 12.8. The van der Waals surface area contributed by atoms with Gasteiger partial charge in [-0.15, -0.1) is 11.3 Å². The van der Waals surface area contributed by atoms with Crippen molar-refractivity contribution in [2.45, 2.75) is 36.9 Å². The van der Waals surface area contributed by atoms with E-state index in [1.165, 1.54) is 28.0 Å². The SMILES string of the molecule is C[C@@H](O)[C@H]1C(=O)N2C(C(=O)O)=C(Sc3nc4cc(CO)ccc4s3)[C@H](C)[C@H]12. The lowest BCUT2D eigenvalue weighted by atomic mass is 9.79. The Hall–Kier alpha value is -1.94. The van der Waals surface area contributed by atoms with Crippen molar-refractivity contribution in [3.8, 4) is 0 Å². The Morgan fingerprint density at radius 2 is 2.19 bits per heavy atom. The summed E-state index contributed by atoms with van der Waals surface area (Å²) in [6, 6.07) is 5.18. The number of thiazole rings is 1. The van der Waals surface area contributed by atoms with Crippen molar-refractivity contribution < 1.29 is 24.9 Å². The number of aliphatic hydroxyl groups is 2.